The van der Waals surface area contributed by atoms with Gasteiger partial charge in [-0.1, -0.05) is 17.3 Å². The van der Waals surface area contributed by atoms with Gasteiger partial charge in [0, 0.05) is 22.8 Å². The van der Waals surface area contributed by atoms with E-state index in [0.717, 1.165) is 29.2 Å². The van der Waals surface area contributed by atoms with Gasteiger partial charge in [-0.15, -0.1) is 11.8 Å². The maximum Gasteiger partial charge on any atom is 0.340 e. The lowest BCUT2D eigenvalue weighted by Gasteiger charge is -2.14. The van der Waals surface area contributed by atoms with Crippen molar-refractivity contribution in [1.82, 2.24) is 10.5 Å². The van der Waals surface area contributed by atoms with Gasteiger partial charge in [0.2, 0.25) is 0 Å². The third-order valence-electron chi connectivity index (χ3n) is 3.74. The first-order valence-electron chi connectivity index (χ1n) is 8.18. The number of carbonyl (C=O) groups excluding carboxylic acids is 2. The standard InChI is InChI=1S/C18H20N2O4S/c1-11-9-14(20-24-11)10-25-16-6-4-3-5-15(16)18(22)23-12(2)17(21)19-13-7-8-13/h3-6,9,12-13H,7-8,10H2,1-2H3,(H,19,21)/t12-/m0/s1. The first-order chi connectivity index (χ1) is 12.0. The average molecular weight is 360 g/mol. The molecule has 1 fully saturated rings. The van der Waals surface area contributed by atoms with Gasteiger partial charge in [0.15, 0.2) is 6.10 Å². The highest BCUT2D eigenvalue weighted by atomic mass is 32.2. The Morgan fingerprint density at radius 2 is 2.16 bits per heavy atom. The monoisotopic (exact) mass is 360 g/mol. The van der Waals surface area contributed by atoms with Gasteiger partial charge in [0.05, 0.1) is 11.3 Å². The van der Waals surface area contributed by atoms with Crippen LogP contribution >= 0.6 is 11.8 Å². The zero-order chi connectivity index (χ0) is 17.8. The number of ether oxygens (including phenoxy) is 1. The second kappa shape index (κ2) is 7.74. The minimum absolute atomic E-state index is 0.238. The Kier molecular flexibility index (Phi) is 5.43. The molecule has 0 saturated heterocycles. The van der Waals surface area contributed by atoms with Crippen molar-refractivity contribution >= 4 is 23.6 Å². The van der Waals surface area contributed by atoms with Crippen molar-refractivity contribution in [3.8, 4) is 0 Å². The zero-order valence-electron chi connectivity index (χ0n) is 14.2. The topological polar surface area (TPSA) is 81.4 Å². The minimum Gasteiger partial charge on any atom is -0.449 e. The number of benzene rings is 1. The number of amides is 1. The molecule has 1 aliphatic rings. The minimum atomic E-state index is -0.815. The summed E-state index contributed by atoms with van der Waals surface area (Å²) < 4.78 is 10.4. The van der Waals surface area contributed by atoms with Crippen molar-refractivity contribution in [2.45, 2.75) is 49.5 Å². The molecule has 0 aliphatic heterocycles. The number of nitrogens with one attached hydrogen (secondary N) is 1. The van der Waals surface area contributed by atoms with E-state index in [4.69, 9.17) is 9.26 Å². The molecular formula is C18H20N2O4S. The number of aromatic nitrogens is 1. The molecule has 0 unspecified atom stereocenters. The number of hydrogen-bond donors (Lipinski definition) is 1. The third-order valence-corrected chi connectivity index (χ3v) is 4.84. The lowest BCUT2D eigenvalue weighted by atomic mass is 10.2. The predicted octanol–water partition coefficient (Wildman–Crippen LogP) is 3.10. The molecule has 6 nitrogen and oxygen atoms in total. The molecule has 1 atom stereocenters. The third kappa shape index (κ3) is 4.85. The summed E-state index contributed by atoms with van der Waals surface area (Å²) in [6.45, 7) is 3.42. The van der Waals surface area contributed by atoms with E-state index in [-0.39, 0.29) is 11.9 Å². The Labute approximate surface area is 150 Å². The Bertz CT molecular complexity index is 770. The molecule has 1 aromatic carbocycles. The molecule has 2 aromatic rings. The summed E-state index contributed by atoms with van der Waals surface area (Å²) in [7, 11) is 0. The quantitative estimate of drug-likeness (QED) is 0.604. The summed E-state index contributed by atoms with van der Waals surface area (Å²) in [4.78, 5) is 25.2. The number of hydrogen-bond acceptors (Lipinski definition) is 6. The first-order valence-corrected chi connectivity index (χ1v) is 9.17. The van der Waals surface area contributed by atoms with Gasteiger partial charge in [-0.25, -0.2) is 4.79 Å². The van der Waals surface area contributed by atoms with E-state index >= 15 is 0 Å². The molecule has 25 heavy (non-hydrogen) atoms. The van der Waals surface area contributed by atoms with Gasteiger partial charge < -0.3 is 14.6 Å². The zero-order valence-corrected chi connectivity index (χ0v) is 15.0. The largest absolute Gasteiger partial charge is 0.449 e. The van der Waals surface area contributed by atoms with Crippen LogP contribution in [0.25, 0.3) is 0 Å². The summed E-state index contributed by atoms with van der Waals surface area (Å²) in [6, 6.07) is 9.28. The summed E-state index contributed by atoms with van der Waals surface area (Å²) in [5.41, 5.74) is 1.25. The highest BCUT2D eigenvalue weighted by molar-refractivity contribution is 7.98. The number of aryl methyl sites for hydroxylation is 1. The van der Waals surface area contributed by atoms with Crippen molar-refractivity contribution < 1.29 is 18.8 Å². The van der Waals surface area contributed by atoms with E-state index in [1.165, 1.54) is 11.8 Å². The van der Waals surface area contributed by atoms with Crippen LogP contribution in [0.3, 0.4) is 0 Å². The van der Waals surface area contributed by atoms with Gasteiger partial charge in [0.1, 0.15) is 5.76 Å². The van der Waals surface area contributed by atoms with E-state index < -0.39 is 12.1 Å². The average Bonchev–Trinajstić information content (AvgIpc) is 3.32. The van der Waals surface area contributed by atoms with Crippen LogP contribution in [0.15, 0.2) is 39.8 Å². The van der Waals surface area contributed by atoms with Crippen LogP contribution in [-0.2, 0) is 15.3 Å². The molecule has 1 N–H and O–H groups in total. The van der Waals surface area contributed by atoms with E-state index in [0.29, 0.717) is 11.3 Å². The fourth-order valence-corrected chi connectivity index (χ4v) is 3.14. The normalized spacial score (nSPS) is 14.8. The van der Waals surface area contributed by atoms with E-state index in [1.54, 1.807) is 19.1 Å². The van der Waals surface area contributed by atoms with Crippen LogP contribution in [0, 0.1) is 6.92 Å². The van der Waals surface area contributed by atoms with Crippen LogP contribution in [0.4, 0.5) is 0 Å². The lowest BCUT2D eigenvalue weighted by molar-refractivity contribution is -0.129. The summed E-state index contributed by atoms with van der Waals surface area (Å²) >= 11 is 1.47. The molecule has 1 amide bonds. The number of nitrogens with zero attached hydrogens (tertiary/aromatic N) is 1. The molecule has 3 rings (SSSR count). The van der Waals surface area contributed by atoms with Gasteiger partial charge >= 0.3 is 5.97 Å². The van der Waals surface area contributed by atoms with Crippen molar-refractivity contribution in [1.29, 1.82) is 0 Å². The number of thioether (sulfide) groups is 1. The van der Waals surface area contributed by atoms with Crippen LogP contribution < -0.4 is 5.32 Å². The molecule has 1 saturated carbocycles. The molecule has 1 aliphatic carbocycles. The number of rotatable bonds is 7. The van der Waals surface area contributed by atoms with Crippen LogP contribution in [0.5, 0.6) is 0 Å². The maximum absolute atomic E-state index is 12.4. The summed E-state index contributed by atoms with van der Waals surface area (Å²) in [6.07, 6.45) is 1.17. The van der Waals surface area contributed by atoms with E-state index in [2.05, 4.69) is 10.5 Å². The van der Waals surface area contributed by atoms with Crippen molar-refractivity contribution in [2.75, 3.05) is 0 Å². The van der Waals surface area contributed by atoms with Crippen molar-refractivity contribution in [2.24, 2.45) is 0 Å². The second-order valence-corrected chi connectivity index (χ2v) is 7.06. The van der Waals surface area contributed by atoms with Gasteiger partial charge in [-0.05, 0) is 38.8 Å². The van der Waals surface area contributed by atoms with E-state index in [1.807, 2.05) is 25.1 Å². The first kappa shape index (κ1) is 17.5. The Balaban J connectivity index is 1.62. The van der Waals surface area contributed by atoms with Crippen LogP contribution in [-0.4, -0.2) is 29.2 Å². The smallest absolute Gasteiger partial charge is 0.340 e. The fraction of sp³-hybridized carbons (Fsp3) is 0.389. The molecule has 1 aromatic heterocycles. The van der Waals surface area contributed by atoms with Crippen LogP contribution in [0.1, 0.15) is 41.6 Å². The number of esters is 1. The molecular weight excluding hydrogens is 340 g/mol. The Morgan fingerprint density at radius 3 is 2.84 bits per heavy atom. The molecule has 0 bridgehead atoms. The van der Waals surface area contributed by atoms with Gasteiger partial charge in [0.25, 0.3) is 5.91 Å². The van der Waals surface area contributed by atoms with Crippen molar-refractivity contribution in [3.05, 3.63) is 47.3 Å². The molecule has 132 valence electrons. The Morgan fingerprint density at radius 1 is 1.40 bits per heavy atom. The lowest BCUT2D eigenvalue weighted by Crippen LogP contribution is -2.37. The maximum atomic E-state index is 12.4. The van der Waals surface area contributed by atoms with Gasteiger partial charge in [-0.3, -0.25) is 4.79 Å². The second-order valence-electron chi connectivity index (χ2n) is 6.04. The highest BCUT2D eigenvalue weighted by Gasteiger charge is 2.27. The molecule has 1 heterocycles. The summed E-state index contributed by atoms with van der Waals surface area (Å²) in [5.74, 6) is 0.579. The predicted molar refractivity (Wildman–Crippen MR) is 93.3 cm³/mol. The van der Waals surface area contributed by atoms with Gasteiger partial charge in [-0.2, -0.15) is 0 Å². The summed E-state index contributed by atoms with van der Waals surface area (Å²) in [5, 5.41) is 6.78. The van der Waals surface area contributed by atoms with E-state index in [9.17, 15) is 9.59 Å². The van der Waals surface area contributed by atoms with Crippen molar-refractivity contribution in [3.63, 3.8) is 0 Å². The van der Waals surface area contributed by atoms with Crippen LogP contribution in [0.2, 0.25) is 0 Å². The fourth-order valence-electron chi connectivity index (χ4n) is 2.22. The Hall–Kier alpha value is -2.28. The molecule has 7 heteroatoms. The number of carbonyl (C=O) groups is 2. The molecule has 0 spiro atoms. The SMILES string of the molecule is Cc1cc(CSc2ccccc2C(=O)O[C@@H](C)C(=O)NC2CC2)no1. The molecule has 0 radical (unpaired) electrons. The highest BCUT2D eigenvalue weighted by Crippen LogP contribution is 2.27.